The average molecular weight is 294 g/mol. The van der Waals surface area contributed by atoms with E-state index in [2.05, 4.69) is 11.8 Å². The van der Waals surface area contributed by atoms with Gasteiger partial charge in [0.1, 0.15) is 5.75 Å². The number of rotatable bonds is 5. The maximum atomic E-state index is 10.9. The van der Waals surface area contributed by atoms with Crippen molar-refractivity contribution in [3.8, 4) is 5.75 Å². The molecule has 1 aliphatic rings. The first-order valence-electron chi connectivity index (χ1n) is 7.26. The largest absolute Gasteiger partial charge is 0.496 e. The predicted octanol–water partition coefficient (Wildman–Crippen LogP) is 2.20. The monoisotopic (exact) mass is 294 g/mol. The molecule has 116 valence electrons. The van der Waals surface area contributed by atoms with Crippen LogP contribution in [0.3, 0.4) is 0 Å². The van der Waals surface area contributed by atoms with Crippen LogP contribution in [0.2, 0.25) is 0 Å². The number of methoxy groups -OCH3 is 1. The second kappa shape index (κ2) is 6.87. The molecule has 2 rings (SSSR count). The number of non-ortho nitro benzene ring substituents is 1. The summed E-state index contributed by atoms with van der Waals surface area (Å²) in [4.78, 5) is 12.7. The molecule has 6 nitrogen and oxygen atoms in total. The Balaban J connectivity index is 2.14. The fraction of sp³-hybridized carbons (Fsp3) is 0.600. The van der Waals surface area contributed by atoms with Gasteiger partial charge in [-0.2, -0.15) is 0 Å². The van der Waals surface area contributed by atoms with E-state index in [0.717, 1.165) is 31.5 Å². The molecule has 0 bridgehead atoms. The molecule has 0 aromatic heterocycles. The van der Waals surface area contributed by atoms with E-state index in [-0.39, 0.29) is 17.7 Å². The number of nitrogens with zero attached hydrogens (tertiary/aromatic N) is 2. The zero-order valence-corrected chi connectivity index (χ0v) is 12.5. The SMILES string of the molecule is CCC1CN(Cc2cc([N+](=O)[O-])ccc2OC)CCC1O. The number of nitro groups is 1. The Kier molecular flexibility index (Phi) is 5.14. The van der Waals surface area contributed by atoms with Gasteiger partial charge in [0.05, 0.1) is 18.1 Å². The molecule has 0 radical (unpaired) electrons. The number of hydrogen-bond acceptors (Lipinski definition) is 5. The summed E-state index contributed by atoms with van der Waals surface area (Å²) >= 11 is 0. The summed E-state index contributed by atoms with van der Waals surface area (Å²) in [5.74, 6) is 0.934. The number of hydrogen-bond donors (Lipinski definition) is 1. The van der Waals surface area contributed by atoms with Gasteiger partial charge in [-0.1, -0.05) is 6.92 Å². The highest BCUT2D eigenvalue weighted by Crippen LogP contribution is 2.28. The maximum Gasteiger partial charge on any atom is 0.270 e. The van der Waals surface area contributed by atoms with Gasteiger partial charge in [-0.3, -0.25) is 15.0 Å². The fourth-order valence-electron chi connectivity index (χ4n) is 2.88. The van der Waals surface area contributed by atoms with Crippen LogP contribution < -0.4 is 4.74 Å². The van der Waals surface area contributed by atoms with E-state index in [9.17, 15) is 15.2 Å². The second-order valence-corrected chi connectivity index (χ2v) is 5.51. The van der Waals surface area contributed by atoms with E-state index in [0.29, 0.717) is 12.3 Å². The molecule has 0 aliphatic carbocycles. The number of nitro benzene ring substituents is 1. The maximum absolute atomic E-state index is 10.9. The molecular formula is C15H22N2O4. The molecule has 1 N–H and O–H groups in total. The van der Waals surface area contributed by atoms with Crippen LogP contribution in [-0.2, 0) is 6.54 Å². The van der Waals surface area contributed by atoms with Crippen molar-refractivity contribution < 1.29 is 14.8 Å². The smallest absolute Gasteiger partial charge is 0.270 e. The first kappa shape index (κ1) is 15.7. The number of likely N-dealkylation sites (tertiary alicyclic amines) is 1. The lowest BCUT2D eigenvalue weighted by atomic mass is 9.92. The minimum atomic E-state index is -0.391. The van der Waals surface area contributed by atoms with Crippen molar-refractivity contribution in [3.05, 3.63) is 33.9 Å². The van der Waals surface area contributed by atoms with Crippen LogP contribution in [0, 0.1) is 16.0 Å². The molecule has 1 heterocycles. The molecule has 2 atom stereocenters. The number of aliphatic hydroxyl groups excluding tert-OH is 1. The van der Waals surface area contributed by atoms with E-state index in [4.69, 9.17) is 4.74 Å². The normalized spacial score (nSPS) is 23.0. The van der Waals surface area contributed by atoms with Gasteiger partial charge >= 0.3 is 0 Å². The Bertz CT molecular complexity index is 506. The molecule has 6 heteroatoms. The van der Waals surface area contributed by atoms with Gasteiger partial charge in [0, 0.05) is 37.3 Å². The van der Waals surface area contributed by atoms with Crippen LogP contribution in [0.1, 0.15) is 25.3 Å². The summed E-state index contributed by atoms with van der Waals surface area (Å²) in [5, 5.41) is 20.8. The quantitative estimate of drug-likeness (QED) is 0.665. The molecule has 0 spiro atoms. The summed E-state index contributed by atoms with van der Waals surface area (Å²) in [6, 6.07) is 4.67. The van der Waals surface area contributed by atoms with E-state index in [1.165, 1.54) is 6.07 Å². The Morgan fingerprint density at radius 2 is 2.29 bits per heavy atom. The van der Waals surface area contributed by atoms with Crippen molar-refractivity contribution in [1.82, 2.24) is 4.90 Å². The van der Waals surface area contributed by atoms with E-state index in [1.54, 1.807) is 19.2 Å². The first-order valence-corrected chi connectivity index (χ1v) is 7.26. The van der Waals surface area contributed by atoms with Crippen molar-refractivity contribution in [3.63, 3.8) is 0 Å². The highest BCUT2D eigenvalue weighted by Gasteiger charge is 2.27. The fourth-order valence-corrected chi connectivity index (χ4v) is 2.88. The third-order valence-electron chi connectivity index (χ3n) is 4.17. The van der Waals surface area contributed by atoms with Gasteiger partial charge in [-0.05, 0) is 24.8 Å². The second-order valence-electron chi connectivity index (χ2n) is 5.51. The highest BCUT2D eigenvalue weighted by molar-refractivity contribution is 5.43. The van der Waals surface area contributed by atoms with Gasteiger partial charge in [0.25, 0.3) is 5.69 Å². The molecule has 1 saturated heterocycles. The predicted molar refractivity (Wildman–Crippen MR) is 79.3 cm³/mol. The van der Waals surface area contributed by atoms with Crippen molar-refractivity contribution in [2.75, 3.05) is 20.2 Å². The molecule has 0 saturated carbocycles. The Hall–Kier alpha value is -1.66. The highest BCUT2D eigenvalue weighted by atomic mass is 16.6. The third-order valence-corrected chi connectivity index (χ3v) is 4.17. The Morgan fingerprint density at radius 1 is 1.52 bits per heavy atom. The molecule has 1 fully saturated rings. The van der Waals surface area contributed by atoms with Crippen molar-refractivity contribution in [2.24, 2.45) is 5.92 Å². The number of ether oxygens (including phenoxy) is 1. The van der Waals surface area contributed by atoms with Crippen molar-refractivity contribution in [1.29, 1.82) is 0 Å². The van der Waals surface area contributed by atoms with E-state index in [1.807, 2.05) is 0 Å². The summed E-state index contributed by atoms with van der Waals surface area (Å²) in [7, 11) is 1.57. The lowest BCUT2D eigenvalue weighted by molar-refractivity contribution is -0.385. The van der Waals surface area contributed by atoms with Crippen LogP contribution in [0.5, 0.6) is 5.75 Å². The molecule has 1 aliphatic heterocycles. The Labute approximate surface area is 124 Å². The molecule has 0 amide bonds. The molecular weight excluding hydrogens is 272 g/mol. The summed E-state index contributed by atoms with van der Waals surface area (Å²) < 4.78 is 5.30. The van der Waals surface area contributed by atoms with Gasteiger partial charge in [-0.15, -0.1) is 0 Å². The minimum Gasteiger partial charge on any atom is -0.496 e. The summed E-state index contributed by atoms with van der Waals surface area (Å²) in [5.41, 5.74) is 0.896. The first-order chi connectivity index (χ1) is 10.0. The van der Waals surface area contributed by atoms with Crippen LogP contribution in [0.25, 0.3) is 0 Å². The third kappa shape index (κ3) is 3.71. The minimum absolute atomic E-state index is 0.0786. The van der Waals surface area contributed by atoms with Crippen LogP contribution in [-0.4, -0.2) is 41.2 Å². The standard InChI is InChI=1S/C15H22N2O4/c1-3-11-9-16(7-6-14(11)18)10-12-8-13(17(19)20)4-5-15(12)21-2/h4-5,8,11,14,18H,3,6-7,9-10H2,1-2H3. The van der Waals surface area contributed by atoms with Crippen LogP contribution in [0.4, 0.5) is 5.69 Å². The average Bonchev–Trinajstić information content (AvgIpc) is 2.49. The summed E-state index contributed by atoms with van der Waals surface area (Å²) in [6.07, 6.45) is 1.44. The van der Waals surface area contributed by atoms with Gasteiger partial charge in [-0.25, -0.2) is 0 Å². The van der Waals surface area contributed by atoms with Gasteiger partial charge in [0.2, 0.25) is 0 Å². The van der Waals surface area contributed by atoms with Gasteiger partial charge in [0.15, 0.2) is 0 Å². The van der Waals surface area contributed by atoms with E-state index >= 15 is 0 Å². The van der Waals surface area contributed by atoms with Gasteiger partial charge < -0.3 is 9.84 Å². The lowest BCUT2D eigenvalue weighted by Crippen LogP contribution is -2.42. The molecule has 1 aromatic carbocycles. The van der Waals surface area contributed by atoms with E-state index < -0.39 is 4.92 Å². The zero-order chi connectivity index (χ0) is 15.4. The van der Waals surface area contributed by atoms with Crippen molar-refractivity contribution in [2.45, 2.75) is 32.4 Å². The molecule has 1 aromatic rings. The number of benzene rings is 1. The topological polar surface area (TPSA) is 75.8 Å². The lowest BCUT2D eigenvalue weighted by Gasteiger charge is -2.35. The zero-order valence-electron chi connectivity index (χ0n) is 12.5. The molecule has 21 heavy (non-hydrogen) atoms. The molecule has 2 unspecified atom stereocenters. The Morgan fingerprint density at radius 3 is 2.90 bits per heavy atom. The number of piperidine rings is 1. The summed E-state index contributed by atoms with van der Waals surface area (Å²) in [6.45, 7) is 4.28. The van der Waals surface area contributed by atoms with Crippen LogP contribution >= 0.6 is 0 Å². The van der Waals surface area contributed by atoms with Crippen molar-refractivity contribution >= 4 is 5.69 Å². The number of aliphatic hydroxyl groups is 1. The van der Waals surface area contributed by atoms with Crippen LogP contribution in [0.15, 0.2) is 18.2 Å².